The van der Waals surface area contributed by atoms with E-state index < -0.39 is 6.10 Å². The second-order valence-corrected chi connectivity index (χ2v) is 4.52. The first-order valence-electron chi connectivity index (χ1n) is 5.37. The number of hydrogen-bond donors (Lipinski definition) is 2. The fourth-order valence-corrected chi connectivity index (χ4v) is 1.90. The average Bonchev–Trinajstić information content (AvgIpc) is 2.29. The molecule has 0 bridgehead atoms. The van der Waals surface area contributed by atoms with Crippen molar-refractivity contribution in [3.8, 4) is 0 Å². The van der Waals surface area contributed by atoms with E-state index in [1.54, 1.807) is 18.2 Å². The minimum Gasteiger partial charge on any atom is -0.398 e. The van der Waals surface area contributed by atoms with E-state index in [4.69, 9.17) is 17.3 Å². The zero-order chi connectivity index (χ0) is 12.4. The average molecular weight is 248 g/mol. The van der Waals surface area contributed by atoms with Crippen molar-refractivity contribution in [2.75, 3.05) is 5.73 Å². The molecule has 0 spiro atoms. The summed E-state index contributed by atoms with van der Waals surface area (Å²) in [5, 5.41) is 10.8. The van der Waals surface area contributed by atoms with Crippen molar-refractivity contribution in [3.05, 3.63) is 64.2 Å². The Morgan fingerprint density at radius 1 is 1.12 bits per heavy atom. The third-order valence-corrected chi connectivity index (χ3v) is 2.97. The number of aliphatic hydroxyl groups is 1. The van der Waals surface area contributed by atoms with Gasteiger partial charge in [0.1, 0.15) is 6.10 Å². The summed E-state index contributed by atoms with van der Waals surface area (Å²) in [5.41, 5.74) is 9.01. The lowest BCUT2D eigenvalue weighted by Gasteiger charge is -2.14. The van der Waals surface area contributed by atoms with Crippen molar-refractivity contribution in [1.82, 2.24) is 0 Å². The van der Waals surface area contributed by atoms with E-state index in [2.05, 4.69) is 0 Å². The molecular weight excluding hydrogens is 234 g/mol. The number of aliphatic hydroxyl groups excluding tert-OH is 1. The molecule has 2 rings (SSSR count). The molecule has 1 atom stereocenters. The van der Waals surface area contributed by atoms with Gasteiger partial charge >= 0.3 is 0 Å². The molecule has 3 heteroatoms. The third-order valence-electron chi connectivity index (χ3n) is 2.74. The van der Waals surface area contributed by atoms with Gasteiger partial charge in [-0.05, 0) is 24.6 Å². The van der Waals surface area contributed by atoms with Crippen LogP contribution >= 0.6 is 11.6 Å². The van der Waals surface area contributed by atoms with Crippen LogP contribution in [0.3, 0.4) is 0 Å². The van der Waals surface area contributed by atoms with E-state index in [1.807, 2.05) is 31.2 Å². The Morgan fingerprint density at radius 3 is 2.35 bits per heavy atom. The number of anilines is 1. The van der Waals surface area contributed by atoms with Gasteiger partial charge in [-0.1, -0.05) is 47.5 Å². The second kappa shape index (κ2) is 4.78. The maximum atomic E-state index is 10.2. The highest BCUT2D eigenvalue weighted by Crippen LogP contribution is 2.28. The highest BCUT2D eigenvalue weighted by atomic mass is 35.5. The lowest BCUT2D eigenvalue weighted by Crippen LogP contribution is -2.03. The normalized spacial score (nSPS) is 12.4. The number of benzene rings is 2. The maximum absolute atomic E-state index is 10.2. The molecule has 3 N–H and O–H groups in total. The number of aryl methyl sites for hydroxylation is 1. The molecule has 0 aliphatic heterocycles. The van der Waals surface area contributed by atoms with Crippen molar-refractivity contribution >= 4 is 17.3 Å². The molecule has 0 aromatic heterocycles. The van der Waals surface area contributed by atoms with Gasteiger partial charge in [0.2, 0.25) is 0 Å². The van der Waals surface area contributed by atoms with Gasteiger partial charge in [-0.3, -0.25) is 0 Å². The minimum atomic E-state index is -0.715. The van der Waals surface area contributed by atoms with Crippen LogP contribution < -0.4 is 5.73 Å². The van der Waals surface area contributed by atoms with Crippen molar-refractivity contribution in [3.63, 3.8) is 0 Å². The summed E-state index contributed by atoms with van der Waals surface area (Å²) in [4.78, 5) is 0. The molecule has 0 amide bonds. The van der Waals surface area contributed by atoms with Crippen LogP contribution in [-0.2, 0) is 0 Å². The zero-order valence-electron chi connectivity index (χ0n) is 9.52. The SMILES string of the molecule is Cc1ccc(C(O)c2ccc(Cl)cc2N)cc1. The van der Waals surface area contributed by atoms with Crippen LogP contribution in [0, 0.1) is 6.92 Å². The van der Waals surface area contributed by atoms with Gasteiger partial charge in [0.25, 0.3) is 0 Å². The molecule has 0 aliphatic carbocycles. The summed E-state index contributed by atoms with van der Waals surface area (Å²) < 4.78 is 0. The fourth-order valence-electron chi connectivity index (χ4n) is 1.72. The highest BCUT2D eigenvalue weighted by Gasteiger charge is 2.13. The topological polar surface area (TPSA) is 46.2 Å². The Hall–Kier alpha value is -1.51. The van der Waals surface area contributed by atoms with Crippen LogP contribution in [0.2, 0.25) is 5.02 Å². The Kier molecular flexibility index (Phi) is 3.36. The Morgan fingerprint density at radius 2 is 1.76 bits per heavy atom. The van der Waals surface area contributed by atoms with Crippen molar-refractivity contribution in [2.24, 2.45) is 0 Å². The molecule has 0 radical (unpaired) electrons. The number of halogens is 1. The van der Waals surface area contributed by atoms with Crippen molar-refractivity contribution in [1.29, 1.82) is 0 Å². The monoisotopic (exact) mass is 247 g/mol. The molecule has 1 unspecified atom stereocenters. The van der Waals surface area contributed by atoms with Crippen LogP contribution in [0.15, 0.2) is 42.5 Å². The maximum Gasteiger partial charge on any atom is 0.106 e. The largest absolute Gasteiger partial charge is 0.398 e. The van der Waals surface area contributed by atoms with Gasteiger partial charge in [-0.15, -0.1) is 0 Å². The number of nitrogens with two attached hydrogens (primary N) is 1. The minimum absolute atomic E-state index is 0.505. The number of hydrogen-bond acceptors (Lipinski definition) is 2. The van der Waals surface area contributed by atoms with Crippen molar-refractivity contribution < 1.29 is 5.11 Å². The first kappa shape index (κ1) is 12.0. The van der Waals surface area contributed by atoms with Gasteiger partial charge in [0, 0.05) is 16.3 Å². The molecule has 88 valence electrons. The standard InChI is InChI=1S/C14H14ClNO/c1-9-2-4-10(5-3-9)14(17)12-7-6-11(15)8-13(12)16/h2-8,14,17H,16H2,1H3. The molecule has 2 aromatic rings. The first-order chi connectivity index (χ1) is 8.08. The Balaban J connectivity index is 2.36. The second-order valence-electron chi connectivity index (χ2n) is 4.09. The van der Waals surface area contributed by atoms with Gasteiger partial charge in [0.15, 0.2) is 0 Å². The molecule has 0 heterocycles. The third kappa shape index (κ3) is 2.60. The molecular formula is C14H14ClNO. The van der Waals surface area contributed by atoms with Gasteiger partial charge in [-0.25, -0.2) is 0 Å². The van der Waals surface area contributed by atoms with E-state index in [0.29, 0.717) is 16.3 Å². The van der Waals surface area contributed by atoms with Gasteiger partial charge in [0.05, 0.1) is 0 Å². The van der Waals surface area contributed by atoms with E-state index in [0.717, 1.165) is 11.1 Å². The molecule has 0 aliphatic rings. The summed E-state index contributed by atoms with van der Waals surface area (Å²) in [5.74, 6) is 0. The fraction of sp³-hybridized carbons (Fsp3) is 0.143. The van der Waals surface area contributed by atoms with Crippen LogP contribution in [0.4, 0.5) is 5.69 Å². The summed E-state index contributed by atoms with van der Waals surface area (Å²) in [6.45, 7) is 2.01. The van der Waals surface area contributed by atoms with Crippen LogP contribution in [0.1, 0.15) is 22.8 Å². The summed E-state index contributed by atoms with van der Waals surface area (Å²) in [6.07, 6.45) is -0.715. The van der Waals surface area contributed by atoms with Gasteiger partial charge in [-0.2, -0.15) is 0 Å². The summed E-state index contributed by atoms with van der Waals surface area (Å²) >= 11 is 5.83. The lowest BCUT2D eigenvalue weighted by atomic mass is 9.99. The van der Waals surface area contributed by atoms with E-state index in [-0.39, 0.29) is 0 Å². The predicted octanol–water partition coefficient (Wildman–Crippen LogP) is 3.31. The van der Waals surface area contributed by atoms with Crippen LogP contribution in [0.5, 0.6) is 0 Å². The molecule has 0 fully saturated rings. The van der Waals surface area contributed by atoms with Crippen molar-refractivity contribution in [2.45, 2.75) is 13.0 Å². The van der Waals surface area contributed by atoms with E-state index >= 15 is 0 Å². The van der Waals surface area contributed by atoms with Crippen LogP contribution in [0.25, 0.3) is 0 Å². The Bertz CT molecular complexity index is 522. The summed E-state index contributed by atoms with van der Waals surface area (Å²) in [7, 11) is 0. The van der Waals surface area contributed by atoms with E-state index in [9.17, 15) is 5.11 Å². The molecule has 0 saturated heterocycles. The smallest absolute Gasteiger partial charge is 0.106 e. The molecule has 17 heavy (non-hydrogen) atoms. The quantitative estimate of drug-likeness (QED) is 0.800. The highest BCUT2D eigenvalue weighted by molar-refractivity contribution is 6.30. The Labute approximate surface area is 106 Å². The molecule has 0 saturated carbocycles. The van der Waals surface area contributed by atoms with E-state index in [1.165, 1.54) is 0 Å². The number of rotatable bonds is 2. The summed E-state index contributed by atoms with van der Waals surface area (Å²) in [6, 6.07) is 12.8. The van der Waals surface area contributed by atoms with Gasteiger partial charge < -0.3 is 10.8 Å². The lowest BCUT2D eigenvalue weighted by molar-refractivity contribution is 0.221. The molecule has 2 nitrogen and oxygen atoms in total. The predicted molar refractivity (Wildman–Crippen MR) is 71.1 cm³/mol. The zero-order valence-corrected chi connectivity index (χ0v) is 10.3. The molecule has 2 aromatic carbocycles. The first-order valence-corrected chi connectivity index (χ1v) is 5.75. The number of nitrogen functional groups attached to an aromatic ring is 1. The van der Waals surface area contributed by atoms with Crippen LogP contribution in [-0.4, -0.2) is 5.11 Å².